The number of nitrogens with one attached hydrogen (secondary N) is 2. The molecule has 2 atom stereocenters. The van der Waals surface area contributed by atoms with Crippen LogP contribution in [-0.2, 0) is 12.3 Å². The first-order chi connectivity index (χ1) is 10.5. The van der Waals surface area contributed by atoms with Crippen molar-refractivity contribution in [1.29, 1.82) is 0 Å². The van der Waals surface area contributed by atoms with Gasteiger partial charge < -0.3 is 15.7 Å². The lowest BCUT2D eigenvalue weighted by Crippen LogP contribution is -2.41. The molecule has 2 amide bonds. The highest BCUT2D eigenvalue weighted by atomic mass is 32.2. The van der Waals surface area contributed by atoms with Crippen LogP contribution in [0.15, 0.2) is 18.2 Å². The number of benzene rings is 1. The Hall–Kier alpha value is -1.27. The molecule has 0 spiro atoms. The summed E-state index contributed by atoms with van der Waals surface area (Å²) in [5, 5.41) is 15.2. The number of hydrogen-bond acceptors (Lipinski definition) is 3. The number of halogens is 1. The van der Waals surface area contributed by atoms with Crippen molar-refractivity contribution in [2.75, 3.05) is 12.8 Å². The van der Waals surface area contributed by atoms with Crippen LogP contribution in [0.3, 0.4) is 0 Å². The number of aliphatic hydroxyl groups excluding tert-OH is 1. The van der Waals surface area contributed by atoms with E-state index in [4.69, 9.17) is 0 Å². The zero-order valence-corrected chi connectivity index (χ0v) is 14.2. The first kappa shape index (κ1) is 18.8. The molecular formula is C16H25FN2O2S. The lowest BCUT2D eigenvalue weighted by molar-refractivity contribution is 0.114. The molecule has 0 saturated carbocycles. The summed E-state index contributed by atoms with van der Waals surface area (Å²) in [6, 6.07) is 4.25. The van der Waals surface area contributed by atoms with Crippen molar-refractivity contribution >= 4 is 17.8 Å². The van der Waals surface area contributed by atoms with Gasteiger partial charge in [-0.05, 0) is 35.4 Å². The number of carbonyl (C=O) groups is 1. The minimum Gasteiger partial charge on any atom is -0.391 e. The Bertz CT molecular complexity index is 485. The minimum atomic E-state index is -0.548. The zero-order chi connectivity index (χ0) is 16.5. The zero-order valence-electron chi connectivity index (χ0n) is 13.4. The summed E-state index contributed by atoms with van der Waals surface area (Å²) >= 11 is 1.60. The maximum Gasteiger partial charge on any atom is 0.315 e. The Morgan fingerprint density at radius 1 is 1.36 bits per heavy atom. The second-order valence-electron chi connectivity index (χ2n) is 5.36. The third-order valence-electron chi connectivity index (χ3n) is 3.68. The van der Waals surface area contributed by atoms with Crippen LogP contribution in [0.2, 0.25) is 0 Å². The standard InChI is InChI=1S/C16H25FN2O2S/c1-4-11(2)15(20)9-19-16(21)18-8-12-5-6-14(17)7-13(12)10-22-3/h5-7,11,15,20H,4,8-10H2,1-3H3,(H2,18,19,21). The molecule has 4 nitrogen and oxygen atoms in total. The van der Waals surface area contributed by atoms with Crippen LogP contribution in [0.1, 0.15) is 31.4 Å². The van der Waals surface area contributed by atoms with Crippen LogP contribution in [0, 0.1) is 11.7 Å². The van der Waals surface area contributed by atoms with Crippen LogP contribution in [0.5, 0.6) is 0 Å². The van der Waals surface area contributed by atoms with Gasteiger partial charge in [0.25, 0.3) is 0 Å². The average molecular weight is 328 g/mol. The molecule has 0 saturated heterocycles. The van der Waals surface area contributed by atoms with Crippen molar-refractivity contribution < 1.29 is 14.3 Å². The number of hydrogen-bond donors (Lipinski definition) is 3. The molecule has 1 aromatic rings. The van der Waals surface area contributed by atoms with E-state index in [2.05, 4.69) is 10.6 Å². The normalized spacial score (nSPS) is 13.5. The van der Waals surface area contributed by atoms with Gasteiger partial charge in [0.15, 0.2) is 0 Å². The SMILES string of the molecule is CCC(C)C(O)CNC(=O)NCc1ccc(F)cc1CSC. The summed E-state index contributed by atoms with van der Waals surface area (Å²) in [5.41, 5.74) is 1.78. The van der Waals surface area contributed by atoms with Gasteiger partial charge in [0.05, 0.1) is 6.10 Å². The number of urea groups is 1. The highest BCUT2D eigenvalue weighted by Gasteiger charge is 2.13. The monoisotopic (exact) mass is 328 g/mol. The highest BCUT2D eigenvalue weighted by Crippen LogP contribution is 2.16. The van der Waals surface area contributed by atoms with Crippen LogP contribution in [-0.4, -0.2) is 30.0 Å². The van der Waals surface area contributed by atoms with E-state index in [-0.39, 0.29) is 24.3 Å². The molecule has 6 heteroatoms. The summed E-state index contributed by atoms with van der Waals surface area (Å²) in [7, 11) is 0. The molecule has 1 aromatic carbocycles. The first-order valence-electron chi connectivity index (χ1n) is 7.43. The number of amides is 2. The van der Waals surface area contributed by atoms with E-state index >= 15 is 0 Å². The van der Waals surface area contributed by atoms with Gasteiger partial charge in [-0.25, -0.2) is 9.18 Å². The smallest absolute Gasteiger partial charge is 0.315 e. The van der Waals surface area contributed by atoms with Gasteiger partial charge in [-0.2, -0.15) is 11.8 Å². The number of aliphatic hydroxyl groups is 1. The van der Waals surface area contributed by atoms with Crippen molar-refractivity contribution in [2.45, 2.75) is 38.7 Å². The average Bonchev–Trinajstić information content (AvgIpc) is 2.51. The third kappa shape index (κ3) is 6.23. The molecule has 0 aliphatic carbocycles. The summed E-state index contributed by atoms with van der Waals surface area (Å²) < 4.78 is 13.3. The fourth-order valence-electron chi connectivity index (χ4n) is 1.97. The maximum absolute atomic E-state index is 13.3. The van der Waals surface area contributed by atoms with E-state index in [0.717, 1.165) is 17.5 Å². The van der Waals surface area contributed by atoms with E-state index in [1.54, 1.807) is 17.8 Å². The van der Waals surface area contributed by atoms with Gasteiger partial charge in [-0.15, -0.1) is 0 Å². The second-order valence-corrected chi connectivity index (χ2v) is 6.23. The topological polar surface area (TPSA) is 61.4 Å². The van der Waals surface area contributed by atoms with Gasteiger partial charge in [0.2, 0.25) is 0 Å². The summed E-state index contributed by atoms with van der Waals surface area (Å²) in [5.74, 6) is 0.572. The highest BCUT2D eigenvalue weighted by molar-refractivity contribution is 7.97. The minimum absolute atomic E-state index is 0.144. The van der Waals surface area contributed by atoms with E-state index in [9.17, 15) is 14.3 Å². The van der Waals surface area contributed by atoms with Crippen molar-refractivity contribution in [3.63, 3.8) is 0 Å². The molecule has 3 N–H and O–H groups in total. The summed E-state index contributed by atoms with van der Waals surface area (Å²) in [6.07, 6.45) is 2.26. The lowest BCUT2D eigenvalue weighted by Gasteiger charge is -2.18. The molecule has 0 heterocycles. The van der Waals surface area contributed by atoms with Crippen LogP contribution in [0.4, 0.5) is 9.18 Å². The van der Waals surface area contributed by atoms with E-state index in [1.165, 1.54) is 12.1 Å². The molecule has 0 aromatic heterocycles. The van der Waals surface area contributed by atoms with Crippen molar-refractivity contribution in [3.05, 3.63) is 35.1 Å². The molecular weight excluding hydrogens is 303 g/mol. The van der Waals surface area contributed by atoms with Crippen molar-refractivity contribution in [3.8, 4) is 0 Å². The Balaban J connectivity index is 2.47. The molecule has 22 heavy (non-hydrogen) atoms. The Morgan fingerprint density at radius 3 is 2.73 bits per heavy atom. The fraction of sp³-hybridized carbons (Fsp3) is 0.562. The quantitative estimate of drug-likeness (QED) is 0.688. The molecule has 0 radical (unpaired) electrons. The van der Waals surface area contributed by atoms with Gasteiger partial charge in [-0.3, -0.25) is 0 Å². The molecule has 0 aliphatic heterocycles. The molecule has 0 bridgehead atoms. The Morgan fingerprint density at radius 2 is 2.09 bits per heavy atom. The molecule has 0 aliphatic rings. The fourth-order valence-corrected chi connectivity index (χ4v) is 2.55. The Labute approximate surface area is 135 Å². The first-order valence-corrected chi connectivity index (χ1v) is 8.83. The van der Waals surface area contributed by atoms with E-state index in [0.29, 0.717) is 12.3 Å². The van der Waals surface area contributed by atoms with E-state index < -0.39 is 6.10 Å². The number of carbonyl (C=O) groups excluding carboxylic acids is 1. The van der Waals surface area contributed by atoms with Crippen LogP contribution in [0.25, 0.3) is 0 Å². The molecule has 0 fully saturated rings. The van der Waals surface area contributed by atoms with Crippen LogP contribution < -0.4 is 10.6 Å². The molecule has 1 rings (SSSR count). The van der Waals surface area contributed by atoms with Gasteiger partial charge >= 0.3 is 6.03 Å². The van der Waals surface area contributed by atoms with Crippen molar-refractivity contribution in [1.82, 2.24) is 10.6 Å². The van der Waals surface area contributed by atoms with E-state index in [1.807, 2.05) is 20.1 Å². The predicted molar refractivity (Wildman–Crippen MR) is 89.3 cm³/mol. The Kier molecular flexibility index (Phi) is 8.27. The predicted octanol–water partition coefficient (Wildman–Crippen LogP) is 2.89. The number of thioether (sulfide) groups is 1. The second kappa shape index (κ2) is 9.69. The number of rotatable bonds is 8. The maximum atomic E-state index is 13.3. The van der Waals surface area contributed by atoms with Gasteiger partial charge in [0.1, 0.15) is 5.82 Å². The van der Waals surface area contributed by atoms with Gasteiger partial charge in [0, 0.05) is 18.8 Å². The molecule has 2 unspecified atom stereocenters. The summed E-state index contributed by atoms with van der Waals surface area (Å²) in [6.45, 7) is 4.50. The third-order valence-corrected chi connectivity index (χ3v) is 4.28. The van der Waals surface area contributed by atoms with Gasteiger partial charge in [-0.1, -0.05) is 26.3 Å². The summed E-state index contributed by atoms with van der Waals surface area (Å²) in [4.78, 5) is 11.8. The largest absolute Gasteiger partial charge is 0.391 e. The van der Waals surface area contributed by atoms with Crippen molar-refractivity contribution in [2.24, 2.45) is 5.92 Å². The lowest BCUT2D eigenvalue weighted by atomic mass is 10.0. The van der Waals surface area contributed by atoms with Crippen LogP contribution >= 0.6 is 11.8 Å². The molecule has 124 valence electrons.